The van der Waals surface area contributed by atoms with Crippen molar-refractivity contribution >= 4 is 11.5 Å². The lowest BCUT2D eigenvalue weighted by Gasteiger charge is -2.37. The van der Waals surface area contributed by atoms with E-state index in [1.807, 2.05) is 0 Å². The molecular weight excluding hydrogens is 496 g/mol. The Bertz CT molecular complexity index is 1110. The molecule has 2 aromatic carbocycles. The summed E-state index contributed by atoms with van der Waals surface area (Å²) in [6.07, 6.45) is 15.5. The largest absolute Gasteiger partial charge is 0.462 e. The molecule has 1 saturated carbocycles. The van der Waals surface area contributed by atoms with Crippen LogP contribution in [0.2, 0.25) is 0 Å². The third-order valence-electron chi connectivity index (χ3n) is 9.36. The Labute approximate surface area is 241 Å². The van der Waals surface area contributed by atoms with Gasteiger partial charge in [-0.3, -0.25) is 0 Å². The Balaban J connectivity index is 1.24. The Hall–Kier alpha value is -2.69. The number of benzene rings is 2. The first-order valence-electron chi connectivity index (χ1n) is 15.5. The van der Waals surface area contributed by atoms with E-state index in [9.17, 15) is 9.90 Å². The number of ether oxygens (including phenoxy) is 1. The number of aliphatic hydroxyl groups is 2. The summed E-state index contributed by atoms with van der Waals surface area (Å²) in [6.45, 7) is 5.58. The number of esters is 1. The number of unbranched alkanes of at least 4 members (excludes halogenated alkanes) is 2. The predicted molar refractivity (Wildman–Crippen MR) is 164 cm³/mol. The van der Waals surface area contributed by atoms with E-state index in [4.69, 9.17) is 9.84 Å². The molecule has 0 amide bonds. The van der Waals surface area contributed by atoms with Crippen LogP contribution >= 0.6 is 0 Å². The lowest BCUT2D eigenvalue weighted by molar-refractivity contribution is -0.142. The van der Waals surface area contributed by atoms with Gasteiger partial charge in [-0.05, 0) is 103 Å². The third kappa shape index (κ3) is 8.17. The number of aryl methyl sites for hydroxylation is 1. The van der Waals surface area contributed by atoms with Gasteiger partial charge in [0.25, 0.3) is 0 Å². The van der Waals surface area contributed by atoms with Gasteiger partial charge in [0.15, 0.2) is 0 Å². The van der Waals surface area contributed by atoms with E-state index in [2.05, 4.69) is 68.1 Å². The SMILES string of the molecule is C=C(CO)C(=O)OCC(CO)C1CCC(C2CC=C(c3ccc(-c4ccc(CCCCC)cc4)cc3)CC2)CC1. The fourth-order valence-electron chi connectivity index (χ4n) is 6.64. The zero-order chi connectivity index (χ0) is 28.3. The average Bonchev–Trinajstić information content (AvgIpc) is 3.02. The van der Waals surface area contributed by atoms with Gasteiger partial charge in [0.05, 0.1) is 18.8 Å². The monoisotopic (exact) mass is 544 g/mol. The van der Waals surface area contributed by atoms with Crippen molar-refractivity contribution in [3.8, 4) is 11.1 Å². The van der Waals surface area contributed by atoms with Crippen LogP contribution < -0.4 is 0 Å². The molecule has 0 aromatic heterocycles. The second-order valence-corrected chi connectivity index (χ2v) is 12.0. The van der Waals surface area contributed by atoms with Crippen LogP contribution in [0, 0.1) is 23.7 Å². The summed E-state index contributed by atoms with van der Waals surface area (Å²) in [5, 5.41) is 18.9. The van der Waals surface area contributed by atoms with Gasteiger partial charge in [-0.15, -0.1) is 0 Å². The summed E-state index contributed by atoms with van der Waals surface area (Å²) < 4.78 is 5.29. The lowest BCUT2D eigenvalue weighted by Crippen LogP contribution is -2.31. The number of carbonyl (C=O) groups is 1. The van der Waals surface area contributed by atoms with Crippen molar-refractivity contribution in [1.29, 1.82) is 0 Å². The van der Waals surface area contributed by atoms with Gasteiger partial charge in [-0.1, -0.05) is 81.0 Å². The molecule has 216 valence electrons. The van der Waals surface area contributed by atoms with Crippen LogP contribution in [0.5, 0.6) is 0 Å². The van der Waals surface area contributed by atoms with Crippen LogP contribution in [0.15, 0.2) is 66.8 Å². The highest BCUT2D eigenvalue weighted by Crippen LogP contribution is 2.43. The van der Waals surface area contributed by atoms with Gasteiger partial charge in [0, 0.05) is 12.5 Å². The number of aliphatic hydroxyl groups excluding tert-OH is 2. The molecule has 2 N–H and O–H groups in total. The Morgan fingerprint density at radius 2 is 1.55 bits per heavy atom. The van der Waals surface area contributed by atoms with Crippen LogP contribution in [0.1, 0.15) is 82.3 Å². The molecule has 4 nitrogen and oxygen atoms in total. The third-order valence-corrected chi connectivity index (χ3v) is 9.36. The quantitative estimate of drug-likeness (QED) is 0.154. The molecule has 2 aliphatic carbocycles. The molecule has 0 spiro atoms. The number of hydrogen-bond acceptors (Lipinski definition) is 4. The first-order valence-corrected chi connectivity index (χ1v) is 15.5. The maximum Gasteiger partial charge on any atom is 0.335 e. The van der Waals surface area contributed by atoms with Crippen molar-refractivity contribution < 1.29 is 19.7 Å². The van der Waals surface area contributed by atoms with Crippen molar-refractivity contribution in [2.45, 2.75) is 77.6 Å². The highest BCUT2D eigenvalue weighted by atomic mass is 16.5. The molecule has 0 heterocycles. The number of rotatable bonds is 13. The van der Waals surface area contributed by atoms with Crippen LogP contribution in [0.3, 0.4) is 0 Å². The lowest BCUT2D eigenvalue weighted by atomic mass is 9.69. The molecule has 2 aliphatic rings. The van der Waals surface area contributed by atoms with Gasteiger partial charge in [-0.2, -0.15) is 0 Å². The molecule has 0 saturated heterocycles. The molecule has 0 radical (unpaired) electrons. The fourth-order valence-corrected chi connectivity index (χ4v) is 6.64. The summed E-state index contributed by atoms with van der Waals surface area (Å²) in [5.41, 5.74) is 6.90. The van der Waals surface area contributed by atoms with E-state index in [1.165, 1.54) is 72.8 Å². The number of hydrogen-bond donors (Lipinski definition) is 2. The summed E-state index contributed by atoms with van der Waals surface area (Å²) in [7, 11) is 0. The molecule has 4 heteroatoms. The first-order chi connectivity index (χ1) is 19.5. The second-order valence-electron chi connectivity index (χ2n) is 12.0. The van der Waals surface area contributed by atoms with Crippen LogP contribution in [-0.4, -0.2) is 36.0 Å². The number of allylic oxidation sites excluding steroid dienone is 2. The highest BCUT2D eigenvalue weighted by Gasteiger charge is 2.32. The van der Waals surface area contributed by atoms with Gasteiger partial charge in [0.1, 0.15) is 0 Å². The Kier molecular flexibility index (Phi) is 11.6. The molecule has 2 unspecified atom stereocenters. The smallest absolute Gasteiger partial charge is 0.335 e. The summed E-state index contributed by atoms with van der Waals surface area (Å²) in [6, 6.07) is 18.2. The molecule has 40 heavy (non-hydrogen) atoms. The van der Waals surface area contributed by atoms with Crippen molar-refractivity contribution in [3.63, 3.8) is 0 Å². The van der Waals surface area contributed by atoms with Gasteiger partial charge >= 0.3 is 5.97 Å². The number of carbonyl (C=O) groups excluding carboxylic acids is 1. The standard InChI is InChI=1S/C36H48O4/c1-3-4-5-6-27-7-9-28(10-8-27)29-11-13-30(14-12-29)31-15-17-32(18-16-31)33-19-21-34(22-20-33)35(24-38)25-40-36(39)26(2)23-37/h7-15,32-35,37-38H,2-6,16-25H2,1H3. The van der Waals surface area contributed by atoms with Gasteiger partial charge in [0.2, 0.25) is 0 Å². The minimum Gasteiger partial charge on any atom is -0.462 e. The van der Waals surface area contributed by atoms with Crippen LogP contribution in [0.4, 0.5) is 0 Å². The second kappa shape index (κ2) is 15.3. The van der Waals surface area contributed by atoms with Gasteiger partial charge in [-0.25, -0.2) is 4.79 Å². The van der Waals surface area contributed by atoms with Crippen molar-refractivity contribution in [2.75, 3.05) is 19.8 Å². The van der Waals surface area contributed by atoms with E-state index >= 15 is 0 Å². The normalized spacial score (nSPS) is 21.9. The molecule has 0 aliphatic heterocycles. The predicted octanol–water partition coefficient (Wildman–Crippen LogP) is 7.78. The highest BCUT2D eigenvalue weighted by molar-refractivity contribution is 5.87. The molecule has 2 atom stereocenters. The summed E-state index contributed by atoms with van der Waals surface area (Å²) in [5.74, 6) is 1.24. The van der Waals surface area contributed by atoms with Crippen molar-refractivity contribution in [1.82, 2.24) is 0 Å². The van der Waals surface area contributed by atoms with E-state index in [1.54, 1.807) is 0 Å². The Morgan fingerprint density at radius 1 is 0.900 bits per heavy atom. The zero-order valence-electron chi connectivity index (χ0n) is 24.3. The minimum absolute atomic E-state index is 0.0207. The average molecular weight is 545 g/mol. The maximum absolute atomic E-state index is 11.8. The fraction of sp³-hybridized carbons (Fsp3) is 0.528. The van der Waals surface area contributed by atoms with E-state index in [-0.39, 0.29) is 24.7 Å². The molecular formula is C36H48O4. The molecule has 2 aromatic rings. The van der Waals surface area contributed by atoms with Crippen molar-refractivity contribution in [2.24, 2.45) is 23.7 Å². The summed E-state index contributed by atoms with van der Waals surface area (Å²) in [4.78, 5) is 11.8. The maximum atomic E-state index is 11.8. The topological polar surface area (TPSA) is 66.8 Å². The van der Waals surface area contributed by atoms with E-state index in [0.717, 1.165) is 37.5 Å². The van der Waals surface area contributed by atoms with Crippen LogP contribution in [-0.2, 0) is 16.0 Å². The molecule has 4 rings (SSSR count). The Morgan fingerprint density at radius 3 is 2.12 bits per heavy atom. The van der Waals surface area contributed by atoms with E-state index < -0.39 is 12.6 Å². The summed E-state index contributed by atoms with van der Waals surface area (Å²) >= 11 is 0. The van der Waals surface area contributed by atoms with Gasteiger partial charge < -0.3 is 14.9 Å². The molecule has 1 fully saturated rings. The zero-order valence-corrected chi connectivity index (χ0v) is 24.3. The molecule has 0 bridgehead atoms. The van der Waals surface area contributed by atoms with Crippen LogP contribution in [0.25, 0.3) is 16.7 Å². The minimum atomic E-state index is -0.569. The van der Waals surface area contributed by atoms with E-state index in [0.29, 0.717) is 5.92 Å². The first kappa shape index (κ1) is 30.3. The van der Waals surface area contributed by atoms with Crippen molar-refractivity contribution in [3.05, 3.63) is 77.9 Å².